The predicted molar refractivity (Wildman–Crippen MR) is 112 cm³/mol. The molecule has 1 aromatic heterocycles. The smallest absolute Gasteiger partial charge is 0.257 e. The number of amides is 1. The minimum Gasteiger partial charge on any atom is -0.341 e. The molecular formula is C22H35N5O. The summed E-state index contributed by atoms with van der Waals surface area (Å²) in [6.45, 7) is 6.32. The molecule has 0 spiro atoms. The molecule has 0 unspecified atom stereocenters. The Morgan fingerprint density at radius 1 is 0.821 bits per heavy atom. The van der Waals surface area contributed by atoms with Gasteiger partial charge in [0.1, 0.15) is 0 Å². The van der Waals surface area contributed by atoms with Crippen molar-refractivity contribution in [1.82, 2.24) is 19.8 Å². The van der Waals surface area contributed by atoms with Gasteiger partial charge in [-0.25, -0.2) is 9.97 Å². The third-order valence-corrected chi connectivity index (χ3v) is 6.58. The molecule has 3 aliphatic rings. The Morgan fingerprint density at radius 2 is 1.43 bits per heavy atom. The first-order valence-electron chi connectivity index (χ1n) is 11.4. The van der Waals surface area contributed by atoms with Gasteiger partial charge in [-0.05, 0) is 64.5 Å². The summed E-state index contributed by atoms with van der Waals surface area (Å²) in [6, 6.07) is 0.334. The number of aromatic nitrogens is 2. The highest BCUT2D eigenvalue weighted by Crippen LogP contribution is 2.22. The maximum Gasteiger partial charge on any atom is 0.257 e. The maximum absolute atomic E-state index is 13.2. The molecule has 0 saturated carbocycles. The summed E-state index contributed by atoms with van der Waals surface area (Å²) in [5.41, 5.74) is 0.642. The van der Waals surface area contributed by atoms with Gasteiger partial charge in [-0.2, -0.15) is 0 Å². The van der Waals surface area contributed by atoms with E-state index in [1.165, 1.54) is 64.5 Å². The van der Waals surface area contributed by atoms with E-state index < -0.39 is 0 Å². The minimum absolute atomic E-state index is 0.115. The number of carbonyl (C=O) groups excluding carboxylic acids is 1. The van der Waals surface area contributed by atoms with Crippen molar-refractivity contribution in [3.8, 4) is 0 Å². The van der Waals surface area contributed by atoms with Crippen LogP contribution in [0.5, 0.6) is 0 Å². The van der Waals surface area contributed by atoms with Crippen LogP contribution in [0.2, 0.25) is 0 Å². The summed E-state index contributed by atoms with van der Waals surface area (Å²) in [5, 5.41) is 0. The molecule has 3 fully saturated rings. The molecule has 154 valence electrons. The lowest BCUT2D eigenvalue weighted by molar-refractivity contribution is 0.0546. The molecule has 4 rings (SSSR count). The normalized spacial score (nSPS) is 24.8. The fourth-order valence-electron chi connectivity index (χ4n) is 4.93. The highest BCUT2D eigenvalue weighted by Gasteiger charge is 2.29. The van der Waals surface area contributed by atoms with Gasteiger partial charge in [0.05, 0.1) is 5.56 Å². The third kappa shape index (κ3) is 4.83. The Bertz CT molecular complexity index is 620. The van der Waals surface area contributed by atoms with Crippen molar-refractivity contribution in [2.24, 2.45) is 0 Å². The molecule has 28 heavy (non-hydrogen) atoms. The van der Waals surface area contributed by atoms with E-state index in [9.17, 15) is 4.79 Å². The van der Waals surface area contributed by atoms with E-state index in [0.29, 0.717) is 11.6 Å². The van der Waals surface area contributed by atoms with Crippen molar-refractivity contribution in [3.63, 3.8) is 0 Å². The van der Waals surface area contributed by atoms with E-state index in [1.54, 1.807) is 12.4 Å². The van der Waals surface area contributed by atoms with Gasteiger partial charge in [0.25, 0.3) is 5.91 Å². The molecule has 1 amide bonds. The zero-order valence-electron chi connectivity index (χ0n) is 17.2. The second-order valence-corrected chi connectivity index (χ2v) is 8.68. The summed E-state index contributed by atoms with van der Waals surface area (Å²) < 4.78 is 0. The first kappa shape index (κ1) is 19.6. The number of anilines is 1. The van der Waals surface area contributed by atoms with Gasteiger partial charge in [0, 0.05) is 44.6 Å². The zero-order valence-corrected chi connectivity index (χ0v) is 17.2. The molecule has 6 nitrogen and oxygen atoms in total. The predicted octanol–water partition coefficient (Wildman–Crippen LogP) is 3.34. The van der Waals surface area contributed by atoms with E-state index in [1.807, 2.05) is 0 Å². The topological polar surface area (TPSA) is 52.6 Å². The lowest BCUT2D eigenvalue weighted by Crippen LogP contribution is -2.49. The molecule has 0 N–H and O–H groups in total. The van der Waals surface area contributed by atoms with Gasteiger partial charge in [-0.3, -0.25) is 4.79 Å². The van der Waals surface area contributed by atoms with Crippen molar-refractivity contribution in [3.05, 3.63) is 18.0 Å². The summed E-state index contributed by atoms with van der Waals surface area (Å²) in [7, 11) is 0. The van der Waals surface area contributed by atoms with Crippen molar-refractivity contribution in [2.75, 3.05) is 44.2 Å². The van der Waals surface area contributed by atoms with E-state index in [4.69, 9.17) is 0 Å². The monoisotopic (exact) mass is 385 g/mol. The number of rotatable bonds is 4. The highest BCUT2D eigenvalue weighted by molar-refractivity contribution is 5.94. The lowest BCUT2D eigenvalue weighted by Gasteiger charge is -2.38. The molecular weight excluding hydrogens is 350 g/mol. The number of likely N-dealkylation sites (tertiary alicyclic amines) is 2. The lowest BCUT2D eigenvalue weighted by atomic mass is 10.0. The molecule has 4 heterocycles. The van der Waals surface area contributed by atoms with E-state index in [-0.39, 0.29) is 5.91 Å². The number of piperidine rings is 2. The highest BCUT2D eigenvalue weighted by atomic mass is 16.2. The molecule has 1 atom stereocenters. The van der Waals surface area contributed by atoms with Gasteiger partial charge in [-0.1, -0.05) is 12.8 Å². The van der Waals surface area contributed by atoms with Gasteiger partial charge >= 0.3 is 0 Å². The Morgan fingerprint density at radius 3 is 2.14 bits per heavy atom. The molecule has 0 radical (unpaired) electrons. The summed E-state index contributed by atoms with van der Waals surface area (Å²) in [5.74, 6) is 0.890. The summed E-state index contributed by atoms with van der Waals surface area (Å²) >= 11 is 0. The Balaban J connectivity index is 1.41. The largest absolute Gasteiger partial charge is 0.341 e. The molecule has 6 heteroatoms. The fourth-order valence-corrected chi connectivity index (χ4v) is 4.93. The van der Waals surface area contributed by atoms with E-state index in [0.717, 1.165) is 45.0 Å². The standard InChI is InChI=1S/C22H35N5O/c28-21(19-16-23-22(24-17-19)26-13-7-3-8-14-26)27-15-9-4-10-20(27)18-25-11-5-1-2-6-12-25/h16-17,20H,1-15,18H2/t20-/m0/s1. The van der Waals surface area contributed by atoms with Crippen LogP contribution in [0.15, 0.2) is 12.4 Å². The Hall–Kier alpha value is -1.69. The molecule has 3 aliphatic heterocycles. The van der Waals surface area contributed by atoms with Gasteiger partial charge in [0.15, 0.2) is 0 Å². The van der Waals surface area contributed by atoms with Crippen LogP contribution in [-0.2, 0) is 0 Å². The van der Waals surface area contributed by atoms with Crippen molar-refractivity contribution < 1.29 is 4.79 Å². The number of hydrogen-bond acceptors (Lipinski definition) is 5. The van der Waals surface area contributed by atoms with Gasteiger partial charge < -0.3 is 14.7 Å². The number of hydrogen-bond donors (Lipinski definition) is 0. The molecule has 1 aromatic rings. The SMILES string of the molecule is O=C(c1cnc(N2CCCCC2)nc1)N1CCCC[C@H]1CN1CCCCCC1. The van der Waals surface area contributed by atoms with Crippen LogP contribution in [0.3, 0.4) is 0 Å². The van der Waals surface area contributed by atoms with Crippen LogP contribution in [-0.4, -0.2) is 71.0 Å². The quantitative estimate of drug-likeness (QED) is 0.796. The van der Waals surface area contributed by atoms with Crippen LogP contribution in [0, 0.1) is 0 Å². The van der Waals surface area contributed by atoms with Crippen LogP contribution in [0.4, 0.5) is 5.95 Å². The average molecular weight is 386 g/mol. The minimum atomic E-state index is 0.115. The second-order valence-electron chi connectivity index (χ2n) is 8.68. The van der Waals surface area contributed by atoms with Gasteiger partial charge in [0.2, 0.25) is 5.95 Å². The van der Waals surface area contributed by atoms with E-state index >= 15 is 0 Å². The fraction of sp³-hybridized carbons (Fsp3) is 0.773. The second kappa shape index (κ2) is 9.68. The van der Waals surface area contributed by atoms with Crippen molar-refractivity contribution in [2.45, 2.75) is 70.3 Å². The van der Waals surface area contributed by atoms with Crippen LogP contribution >= 0.6 is 0 Å². The maximum atomic E-state index is 13.2. The average Bonchev–Trinajstić information content (AvgIpc) is 3.03. The molecule has 3 saturated heterocycles. The van der Waals surface area contributed by atoms with E-state index in [2.05, 4.69) is 24.7 Å². The van der Waals surface area contributed by atoms with Crippen molar-refractivity contribution >= 4 is 11.9 Å². The Kier molecular flexibility index (Phi) is 6.78. The first-order chi connectivity index (χ1) is 13.8. The number of carbonyl (C=O) groups is 1. The van der Waals surface area contributed by atoms with Gasteiger partial charge in [-0.15, -0.1) is 0 Å². The van der Waals surface area contributed by atoms with Crippen LogP contribution in [0.25, 0.3) is 0 Å². The number of nitrogens with zero attached hydrogens (tertiary/aromatic N) is 5. The van der Waals surface area contributed by atoms with Crippen LogP contribution in [0.1, 0.15) is 74.6 Å². The van der Waals surface area contributed by atoms with Crippen molar-refractivity contribution in [1.29, 1.82) is 0 Å². The molecule has 0 aliphatic carbocycles. The Labute approximate surface area is 169 Å². The summed E-state index contributed by atoms with van der Waals surface area (Å²) in [4.78, 5) is 29.2. The zero-order chi connectivity index (χ0) is 19.2. The first-order valence-corrected chi connectivity index (χ1v) is 11.4. The molecule has 0 bridgehead atoms. The molecule has 0 aromatic carbocycles. The summed E-state index contributed by atoms with van der Waals surface area (Å²) in [6.07, 6.45) is 15.9. The van der Waals surface area contributed by atoms with Crippen LogP contribution < -0.4 is 4.90 Å². The third-order valence-electron chi connectivity index (χ3n) is 6.58.